The van der Waals surface area contributed by atoms with Gasteiger partial charge in [0.1, 0.15) is 0 Å². The van der Waals surface area contributed by atoms with Crippen LogP contribution < -0.4 is 5.32 Å². The lowest BCUT2D eigenvalue weighted by Crippen LogP contribution is -2.60. The highest BCUT2D eigenvalue weighted by molar-refractivity contribution is 5.85. The molecule has 2 N–H and O–H groups in total. The molecule has 1 aliphatic heterocycles. The molecule has 3 nitrogen and oxygen atoms in total. The lowest BCUT2D eigenvalue weighted by Gasteiger charge is -2.37. The zero-order valence-corrected chi connectivity index (χ0v) is 8.05. The number of nitrogens with one attached hydrogen (secondary N) is 1. The van der Waals surface area contributed by atoms with Gasteiger partial charge in [-0.25, -0.2) is 0 Å². The van der Waals surface area contributed by atoms with Crippen LogP contribution in [0.1, 0.15) is 5.69 Å². The maximum absolute atomic E-state index is 9.76. The summed E-state index contributed by atoms with van der Waals surface area (Å²) in [5.41, 5.74) is 0.412. The fourth-order valence-electron chi connectivity index (χ4n) is 1.38. The highest BCUT2D eigenvalue weighted by Gasteiger charge is 2.34. The van der Waals surface area contributed by atoms with Gasteiger partial charge >= 0.3 is 0 Å². The van der Waals surface area contributed by atoms with Crippen molar-refractivity contribution in [3.8, 4) is 0 Å². The highest BCUT2D eigenvalue weighted by Crippen LogP contribution is 2.15. The van der Waals surface area contributed by atoms with Crippen LogP contribution >= 0.6 is 12.4 Å². The van der Waals surface area contributed by atoms with Crippen LogP contribution in [0.3, 0.4) is 0 Å². The Labute approximate surface area is 83.6 Å². The van der Waals surface area contributed by atoms with Crippen LogP contribution in [0.2, 0.25) is 0 Å². The molecule has 0 aromatic carbocycles. The minimum absolute atomic E-state index is 0. The van der Waals surface area contributed by atoms with E-state index in [1.54, 1.807) is 6.20 Å². The average Bonchev–Trinajstić information content (AvgIpc) is 2.04. The van der Waals surface area contributed by atoms with Crippen molar-refractivity contribution in [2.45, 2.75) is 12.0 Å². The summed E-state index contributed by atoms with van der Waals surface area (Å²) in [5, 5.41) is 12.8. The first-order valence-electron chi connectivity index (χ1n) is 4.12. The van der Waals surface area contributed by atoms with E-state index in [0.717, 1.165) is 5.69 Å². The Bertz CT molecular complexity index is 262. The van der Waals surface area contributed by atoms with E-state index in [0.29, 0.717) is 19.5 Å². The molecular formula is C9H13ClN2O. The van der Waals surface area contributed by atoms with E-state index in [1.165, 1.54) is 0 Å². The fraction of sp³-hybridized carbons (Fsp3) is 0.444. The molecule has 2 heterocycles. The van der Waals surface area contributed by atoms with Crippen LogP contribution in [0.25, 0.3) is 0 Å². The first-order valence-corrected chi connectivity index (χ1v) is 4.12. The normalized spacial score (nSPS) is 18.5. The molecule has 0 spiro atoms. The molecule has 0 aliphatic carbocycles. The van der Waals surface area contributed by atoms with Crippen molar-refractivity contribution < 1.29 is 5.11 Å². The quantitative estimate of drug-likeness (QED) is 0.726. The van der Waals surface area contributed by atoms with E-state index in [-0.39, 0.29) is 12.4 Å². The van der Waals surface area contributed by atoms with Crippen molar-refractivity contribution >= 4 is 12.4 Å². The monoisotopic (exact) mass is 200 g/mol. The molecule has 13 heavy (non-hydrogen) atoms. The molecule has 4 heteroatoms. The van der Waals surface area contributed by atoms with Gasteiger partial charge in [0, 0.05) is 31.4 Å². The van der Waals surface area contributed by atoms with Gasteiger partial charge in [-0.2, -0.15) is 0 Å². The summed E-state index contributed by atoms with van der Waals surface area (Å²) in [6.07, 6.45) is 2.41. The fourth-order valence-corrected chi connectivity index (χ4v) is 1.38. The lowest BCUT2D eigenvalue weighted by atomic mass is 9.91. The topological polar surface area (TPSA) is 45.2 Å². The first kappa shape index (κ1) is 10.4. The molecule has 1 aromatic rings. The molecule has 0 radical (unpaired) electrons. The van der Waals surface area contributed by atoms with E-state index in [4.69, 9.17) is 0 Å². The smallest absolute Gasteiger partial charge is 0.0950 e. The van der Waals surface area contributed by atoms with Crippen molar-refractivity contribution in [2.24, 2.45) is 0 Å². The number of β-amino-alcohol motifs (C(OH)–C–C–N with tert-alkyl or cyclic N) is 1. The van der Waals surface area contributed by atoms with Crippen LogP contribution in [0.15, 0.2) is 24.4 Å². The Hall–Kier alpha value is -0.640. The number of hydrogen-bond donors (Lipinski definition) is 2. The van der Waals surface area contributed by atoms with E-state index in [2.05, 4.69) is 10.3 Å². The van der Waals surface area contributed by atoms with Gasteiger partial charge in [0.05, 0.1) is 5.60 Å². The number of aliphatic hydroxyl groups is 1. The number of aromatic nitrogens is 1. The first-order chi connectivity index (χ1) is 5.79. The van der Waals surface area contributed by atoms with Crippen LogP contribution in [0.5, 0.6) is 0 Å². The SMILES string of the molecule is Cl.OC1(Cc2ccccn2)CNC1. The summed E-state index contributed by atoms with van der Waals surface area (Å²) in [5.74, 6) is 0. The molecule has 1 fully saturated rings. The third kappa shape index (κ3) is 2.40. The van der Waals surface area contributed by atoms with Crippen molar-refractivity contribution in [1.82, 2.24) is 10.3 Å². The number of pyridine rings is 1. The van der Waals surface area contributed by atoms with Gasteiger partial charge in [0.2, 0.25) is 0 Å². The van der Waals surface area contributed by atoms with E-state index in [9.17, 15) is 5.11 Å². The second kappa shape index (κ2) is 4.05. The molecule has 0 unspecified atom stereocenters. The van der Waals surface area contributed by atoms with Crippen molar-refractivity contribution in [2.75, 3.05) is 13.1 Å². The van der Waals surface area contributed by atoms with Gasteiger partial charge < -0.3 is 10.4 Å². The summed E-state index contributed by atoms with van der Waals surface area (Å²) >= 11 is 0. The Morgan fingerprint density at radius 3 is 2.69 bits per heavy atom. The zero-order valence-electron chi connectivity index (χ0n) is 7.23. The average molecular weight is 201 g/mol. The Morgan fingerprint density at radius 2 is 2.23 bits per heavy atom. The van der Waals surface area contributed by atoms with Gasteiger partial charge in [-0.05, 0) is 12.1 Å². The maximum Gasteiger partial charge on any atom is 0.0950 e. The molecule has 1 aliphatic rings. The molecule has 0 amide bonds. The van der Waals surface area contributed by atoms with E-state index in [1.807, 2.05) is 18.2 Å². The van der Waals surface area contributed by atoms with Crippen LogP contribution in [0, 0.1) is 0 Å². The molecule has 0 atom stereocenters. The maximum atomic E-state index is 9.76. The Balaban J connectivity index is 0.000000845. The third-order valence-corrected chi connectivity index (χ3v) is 2.14. The summed E-state index contributed by atoms with van der Waals surface area (Å²) in [6.45, 7) is 1.37. The molecule has 0 bridgehead atoms. The van der Waals surface area contributed by atoms with Crippen LogP contribution in [-0.4, -0.2) is 28.8 Å². The van der Waals surface area contributed by atoms with Gasteiger partial charge in [-0.1, -0.05) is 6.07 Å². The predicted octanol–water partition coefficient (Wildman–Crippen LogP) is 0.380. The second-order valence-electron chi connectivity index (χ2n) is 3.33. The van der Waals surface area contributed by atoms with Crippen LogP contribution in [-0.2, 0) is 6.42 Å². The molecule has 1 aromatic heterocycles. The number of halogens is 1. The second-order valence-corrected chi connectivity index (χ2v) is 3.33. The molecular weight excluding hydrogens is 188 g/mol. The van der Waals surface area contributed by atoms with Gasteiger partial charge in [-0.3, -0.25) is 4.98 Å². The van der Waals surface area contributed by atoms with E-state index >= 15 is 0 Å². The summed E-state index contributed by atoms with van der Waals surface area (Å²) in [4.78, 5) is 4.16. The third-order valence-electron chi connectivity index (χ3n) is 2.14. The van der Waals surface area contributed by atoms with Crippen molar-refractivity contribution in [1.29, 1.82) is 0 Å². The Morgan fingerprint density at radius 1 is 1.46 bits per heavy atom. The number of nitrogens with zero attached hydrogens (tertiary/aromatic N) is 1. The number of rotatable bonds is 2. The van der Waals surface area contributed by atoms with Crippen LogP contribution in [0.4, 0.5) is 0 Å². The zero-order chi connectivity index (χ0) is 8.44. The Kier molecular flexibility index (Phi) is 3.25. The minimum Gasteiger partial charge on any atom is -0.387 e. The van der Waals surface area contributed by atoms with Gasteiger partial charge in [-0.15, -0.1) is 12.4 Å². The minimum atomic E-state index is -0.547. The lowest BCUT2D eigenvalue weighted by molar-refractivity contribution is -0.00981. The molecule has 1 saturated heterocycles. The summed E-state index contributed by atoms with van der Waals surface area (Å²) < 4.78 is 0. The summed E-state index contributed by atoms with van der Waals surface area (Å²) in [6, 6.07) is 5.76. The molecule has 72 valence electrons. The summed E-state index contributed by atoms with van der Waals surface area (Å²) in [7, 11) is 0. The standard InChI is InChI=1S/C9H12N2O.ClH/c12-9(6-10-7-9)5-8-3-1-2-4-11-8;/h1-4,10,12H,5-7H2;1H. The largest absolute Gasteiger partial charge is 0.387 e. The predicted molar refractivity (Wildman–Crippen MR) is 53.0 cm³/mol. The molecule has 2 rings (SSSR count). The van der Waals surface area contributed by atoms with Crippen molar-refractivity contribution in [3.63, 3.8) is 0 Å². The van der Waals surface area contributed by atoms with E-state index < -0.39 is 5.60 Å². The highest BCUT2D eigenvalue weighted by atomic mass is 35.5. The van der Waals surface area contributed by atoms with Crippen molar-refractivity contribution in [3.05, 3.63) is 30.1 Å². The van der Waals surface area contributed by atoms with Gasteiger partial charge in [0.25, 0.3) is 0 Å². The van der Waals surface area contributed by atoms with Gasteiger partial charge in [0.15, 0.2) is 0 Å². The molecule has 0 saturated carbocycles. The number of hydrogen-bond acceptors (Lipinski definition) is 3.